The molecule has 5 heteroatoms. The Hall–Kier alpha value is -2.53. The Labute approximate surface area is 161 Å². The van der Waals surface area contributed by atoms with Gasteiger partial charge in [-0.1, -0.05) is 41.9 Å². The Morgan fingerprint density at radius 3 is 2.85 bits per heavy atom. The number of pyridine rings is 1. The summed E-state index contributed by atoms with van der Waals surface area (Å²) in [5, 5.41) is 0. The highest BCUT2D eigenvalue weighted by Gasteiger charge is 2.27. The van der Waals surface area contributed by atoms with Gasteiger partial charge in [-0.2, -0.15) is 0 Å². The van der Waals surface area contributed by atoms with Gasteiger partial charge in [0.15, 0.2) is 0 Å². The fourth-order valence-corrected chi connectivity index (χ4v) is 3.73. The maximum atomic E-state index is 5.12. The molecule has 4 rings (SSSR count). The lowest BCUT2D eigenvalue weighted by atomic mass is 10.0. The Bertz CT molecular complexity index is 989. The van der Waals surface area contributed by atoms with Crippen molar-refractivity contribution >= 4 is 27.7 Å². The van der Waals surface area contributed by atoms with Gasteiger partial charge in [0.05, 0.1) is 29.0 Å². The molecule has 0 radical (unpaired) electrons. The van der Waals surface area contributed by atoms with Crippen molar-refractivity contribution in [2.24, 2.45) is 4.99 Å². The average Bonchev–Trinajstić information content (AvgIpc) is 3.04. The van der Waals surface area contributed by atoms with Gasteiger partial charge >= 0.3 is 0 Å². The highest BCUT2D eigenvalue weighted by Crippen LogP contribution is 2.34. The second-order valence-corrected chi connectivity index (χ2v) is 7.16. The molecule has 0 bridgehead atoms. The van der Waals surface area contributed by atoms with Crippen molar-refractivity contribution in [1.82, 2.24) is 14.5 Å². The van der Waals surface area contributed by atoms with Crippen LogP contribution in [0.4, 0.5) is 0 Å². The molecule has 0 saturated heterocycles. The van der Waals surface area contributed by atoms with Gasteiger partial charge in [0.25, 0.3) is 0 Å². The van der Waals surface area contributed by atoms with Gasteiger partial charge in [0, 0.05) is 16.2 Å². The zero-order chi connectivity index (χ0) is 18.1. The topological polar surface area (TPSA) is 43.1 Å². The van der Waals surface area contributed by atoms with Gasteiger partial charge in [0.2, 0.25) is 0 Å². The number of hydrogen-bond donors (Lipinski definition) is 0. The lowest BCUT2D eigenvalue weighted by molar-refractivity contribution is 0.599. The second-order valence-electron chi connectivity index (χ2n) is 6.24. The van der Waals surface area contributed by atoms with Crippen LogP contribution in [0.3, 0.4) is 0 Å². The molecule has 26 heavy (non-hydrogen) atoms. The summed E-state index contributed by atoms with van der Waals surface area (Å²) in [6, 6.07) is 12.2. The summed E-state index contributed by atoms with van der Waals surface area (Å²) in [5.41, 5.74) is 4.85. The summed E-state index contributed by atoms with van der Waals surface area (Å²) in [6.45, 7) is 6.13. The van der Waals surface area contributed by atoms with Crippen molar-refractivity contribution in [2.75, 3.05) is 0 Å². The Morgan fingerprint density at radius 2 is 2.12 bits per heavy atom. The predicted molar refractivity (Wildman–Crippen MR) is 109 cm³/mol. The van der Waals surface area contributed by atoms with E-state index >= 15 is 0 Å². The van der Waals surface area contributed by atoms with E-state index in [9.17, 15) is 0 Å². The molecule has 1 aliphatic rings. The minimum Gasteiger partial charge on any atom is -0.294 e. The third kappa shape index (κ3) is 2.82. The highest BCUT2D eigenvalue weighted by atomic mass is 79.9. The molecule has 2 aromatic heterocycles. The number of imidazole rings is 1. The molecule has 1 aliphatic heterocycles. The molecule has 0 spiro atoms. The van der Waals surface area contributed by atoms with E-state index in [2.05, 4.69) is 56.1 Å². The van der Waals surface area contributed by atoms with Crippen LogP contribution in [0.25, 0.3) is 11.8 Å². The van der Waals surface area contributed by atoms with Gasteiger partial charge in [-0.15, -0.1) is 0 Å². The molecule has 1 aromatic carbocycles. The first-order chi connectivity index (χ1) is 12.7. The molecule has 0 saturated carbocycles. The van der Waals surface area contributed by atoms with E-state index < -0.39 is 0 Å². The van der Waals surface area contributed by atoms with E-state index in [4.69, 9.17) is 4.99 Å². The number of nitrogens with zero attached hydrogens (tertiary/aromatic N) is 4. The average molecular weight is 407 g/mol. The maximum Gasteiger partial charge on any atom is 0.138 e. The van der Waals surface area contributed by atoms with E-state index in [-0.39, 0.29) is 6.04 Å². The minimum absolute atomic E-state index is 0.0168. The van der Waals surface area contributed by atoms with Crippen LogP contribution >= 0.6 is 15.9 Å². The summed E-state index contributed by atoms with van der Waals surface area (Å²) in [4.78, 5) is 14.4. The fraction of sp³-hybridized carbons (Fsp3) is 0.190. The third-order valence-electron chi connectivity index (χ3n) is 4.53. The van der Waals surface area contributed by atoms with Crippen LogP contribution in [0.1, 0.15) is 48.6 Å². The van der Waals surface area contributed by atoms with E-state index in [1.807, 2.05) is 42.7 Å². The number of benzene rings is 1. The Kier molecular flexibility index (Phi) is 4.55. The lowest BCUT2D eigenvalue weighted by Crippen LogP contribution is -2.09. The number of hydrogen-bond acceptors (Lipinski definition) is 3. The molecular formula is C21H19BrN4. The molecule has 4 nitrogen and oxygen atoms in total. The molecule has 3 heterocycles. The standard InChI is InChI=1S/C21H19BrN4/c1-3-7-18-21-24-13-15(4-2)26(21)19-10-9-14(22)12-16(19)20(25-18)17-8-5-6-11-23-17/h4-6,8-13,18H,2-3,7H2,1H3/t18-/m0/s1. The molecule has 130 valence electrons. The molecule has 0 unspecified atom stereocenters. The Morgan fingerprint density at radius 1 is 1.23 bits per heavy atom. The van der Waals surface area contributed by atoms with E-state index in [1.165, 1.54) is 0 Å². The smallest absolute Gasteiger partial charge is 0.138 e. The first-order valence-corrected chi connectivity index (χ1v) is 9.51. The van der Waals surface area contributed by atoms with Crippen LogP contribution in [-0.4, -0.2) is 20.2 Å². The zero-order valence-electron chi connectivity index (χ0n) is 14.6. The minimum atomic E-state index is -0.0168. The monoisotopic (exact) mass is 406 g/mol. The van der Waals surface area contributed by atoms with Gasteiger partial charge in [-0.3, -0.25) is 14.5 Å². The number of aromatic nitrogens is 3. The van der Waals surface area contributed by atoms with Crippen molar-refractivity contribution < 1.29 is 0 Å². The molecule has 0 N–H and O–H groups in total. The van der Waals surface area contributed by atoms with E-state index in [1.54, 1.807) is 0 Å². The summed E-state index contributed by atoms with van der Waals surface area (Å²) in [5.74, 6) is 0.955. The molecule has 0 fully saturated rings. The molecule has 1 atom stereocenters. The number of halogens is 1. The molecular weight excluding hydrogens is 388 g/mol. The quantitative estimate of drug-likeness (QED) is 0.584. The van der Waals surface area contributed by atoms with E-state index in [0.717, 1.165) is 51.5 Å². The van der Waals surface area contributed by atoms with Crippen LogP contribution in [0.15, 0.2) is 64.8 Å². The normalized spacial score (nSPS) is 15.6. The van der Waals surface area contributed by atoms with Crippen LogP contribution in [0, 0.1) is 0 Å². The van der Waals surface area contributed by atoms with Crippen molar-refractivity contribution in [3.8, 4) is 5.69 Å². The Balaban J connectivity index is 2.05. The third-order valence-corrected chi connectivity index (χ3v) is 5.03. The first-order valence-electron chi connectivity index (χ1n) is 8.72. The van der Waals surface area contributed by atoms with Crippen molar-refractivity contribution in [3.63, 3.8) is 0 Å². The lowest BCUT2D eigenvalue weighted by Gasteiger charge is -2.14. The van der Waals surface area contributed by atoms with Crippen LogP contribution in [-0.2, 0) is 0 Å². The maximum absolute atomic E-state index is 5.12. The van der Waals surface area contributed by atoms with Crippen molar-refractivity contribution in [3.05, 3.63) is 82.6 Å². The predicted octanol–water partition coefficient (Wildman–Crippen LogP) is 5.37. The SMILES string of the molecule is C=Cc1cnc2n1-c1ccc(Br)cc1C(c1ccccn1)=N[C@H]2CCC. The zero-order valence-corrected chi connectivity index (χ0v) is 16.1. The van der Waals surface area contributed by atoms with Gasteiger partial charge in [0.1, 0.15) is 11.9 Å². The number of fused-ring (bicyclic) bond motifs is 3. The van der Waals surface area contributed by atoms with E-state index in [0.29, 0.717) is 0 Å². The van der Waals surface area contributed by atoms with Crippen molar-refractivity contribution in [2.45, 2.75) is 25.8 Å². The van der Waals surface area contributed by atoms with Crippen LogP contribution < -0.4 is 0 Å². The summed E-state index contributed by atoms with van der Waals surface area (Å²) >= 11 is 3.61. The summed E-state index contributed by atoms with van der Waals surface area (Å²) < 4.78 is 3.18. The van der Waals surface area contributed by atoms with Crippen molar-refractivity contribution in [1.29, 1.82) is 0 Å². The fourth-order valence-electron chi connectivity index (χ4n) is 3.37. The first kappa shape index (κ1) is 16.9. The highest BCUT2D eigenvalue weighted by molar-refractivity contribution is 9.10. The van der Waals surface area contributed by atoms with Crippen LogP contribution in [0.5, 0.6) is 0 Å². The molecule has 3 aromatic rings. The number of rotatable bonds is 4. The van der Waals surface area contributed by atoms with Gasteiger partial charge in [-0.25, -0.2) is 4.98 Å². The molecule has 0 amide bonds. The van der Waals surface area contributed by atoms with Crippen LogP contribution in [0.2, 0.25) is 0 Å². The number of aliphatic imine (C=N–C) groups is 1. The largest absolute Gasteiger partial charge is 0.294 e. The summed E-state index contributed by atoms with van der Waals surface area (Å²) in [6.07, 6.45) is 7.48. The molecule has 0 aliphatic carbocycles. The van der Waals surface area contributed by atoms with Gasteiger partial charge < -0.3 is 0 Å². The second kappa shape index (κ2) is 7.00. The summed E-state index contributed by atoms with van der Waals surface area (Å²) in [7, 11) is 0. The van der Waals surface area contributed by atoms with Gasteiger partial charge in [-0.05, 0) is 42.8 Å².